The normalized spacial score (nSPS) is 17.5. The van der Waals surface area contributed by atoms with Gasteiger partial charge in [0.05, 0.1) is 0 Å². The summed E-state index contributed by atoms with van der Waals surface area (Å²) in [6.45, 7) is 4.45. The summed E-state index contributed by atoms with van der Waals surface area (Å²) in [5.41, 5.74) is 6.87. The van der Waals surface area contributed by atoms with Gasteiger partial charge in [0.25, 0.3) is 0 Å². The highest BCUT2D eigenvalue weighted by molar-refractivity contribution is 6.30. The Balaban J connectivity index is 2.28. The van der Waals surface area contributed by atoms with Crippen molar-refractivity contribution in [2.24, 2.45) is 0 Å². The number of fused-ring (bicyclic) bond motifs is 3. The summed E-state index contributed by atoms with van der Waals surface area (Å²) >= 11 is 6.11. The van der Waals surface area contributed by atoms with Crippen molar-refractivity contribution in [3.63, 3.8) is 0 Å². The van der Waals surface area contributed by atoms with E-state index in [4.69, 9.17) is 11.6 Å². The van der Waals surface area contributed by atoms with E-state index >= 15 is 0 Å². The molecule has 17 heavy (non-hydrogen) atoms. The van der Waals surface area contributed by atoms with Crippen molar-refractivity contribution in [1.82, 2.24) is 0 Å². The molecule has 1 aliphatic rings. The third kappa shape index (κ3) is 1.77. The SMILES string of the molecule is Cc1ccc2c(c1)C(C)Cc1ccc(Cl)cc1-2. The van der Waals surface area contributed by atoms with E-state index in [0.29, 0.717) is 5.92 Å². The molecule has 2 aromatic carbocycles. The second kappa shape index (κ2) is 3.89. The van der Waals surface area contributed by atoms with Crippen molar-refractivity contribution < 1.29 is 0 Å². The third-order valence-corrected chi connectivity index (χ3v) is 3.86. The van der Waals surface area contributed by atoms with E-state index in [1.165, 1.54) is 27.8 Å². The van der Waals surface area contributed by atoms with E-state index in [1.807, 2.05) is 6.07 Å². The maximum Gasteiger partial charge on any atom is 0.0412 e. The van der Waals surface area contributed by atoms with E-state index < -0.39 is 0 Å². The first-order chi connectivity index (χ1) is 8.15. The number of benzene rings is 2. The van der Waals surface area contributed by atoms with Gasteiger partial charge in [-0.25, -0.2) is 0 Å². The molecule has 0 aliphatic heterocycles. The van der Waals surface area contributed by atoms with Gasteiger partial charge in [0.15, 0.2) is 0 Å². The molecule has 0 spiro atoms. The molecule has 0 radical (unpaired) electrons. The molecule has 1 aliphatic carbocycles. The first-order valence-electron chi connectivity index (χ1n) is 6.04. The van der Waals surface area contributed by atoms with Crippen LogP contribution in [0.15, 0.2) is 36.4 Å². The molecular formula is C16H15Cl. The van der Waals surface area contributed by atoms with Crippen molar-refractivity contribution in [1.29, 1.82) is 0 Å². The van der Waals surface area contributed by atoms with Gasteiger partial charge in [-0.05, 0) is 53.6 Å². The van der Waals surface area contributed by atoms with Gasteiger partial charge in [0.2, 0.25) is 0 Å². The summed E-state index contributed by atoms with van der Waals surface area (Å²) in [6, 6.07) is 13.0. The second-order valence-electron chi connectivity index (χ2n) is 5.00. The van der Waals surface area contributed by atoms with Crippen molar-refractivity contribution in [2.45, 2.75) is 26.2 Å². The van der Waals surface area contributed by atoms with Crippen LogP contribution in [0.2, 0.25) is 5.02 Å². The summed E-state index contributed by atoms with van der Waals surface area (Å²) in [5, 5.41) is 0.824. The molecule has 0 saturated carbocycles. The molecule has 0 fully saturated rings. The van der Waals surface area contributed by atoms with Gasteiger partial charge >= 0.3 is 0 Å². The van der Waals surface area contributed by atoms with Gasteiger partial charge in [-0.1, -0.05) is 48.4 Å². The first-order valence-corrected chi connectivity index (χ1v) is 6.42. The van der Waals surface area contributed by atoms with Crippen molar-refractivity contribution in [2.75, 3.05) is 0 Å². The van der Waals surface area contributed by atoms with Crippen LogP contribution in [0.4, 0.5) is 0 Å². The molecule has 0 bridgehead atoms. The Kier molecular flexibility index (Phi) is 2.48. The molecule has 0 amide bonds. The monoisotopic (exact) mass is 242 g/mol. The minimum Gasteiger partial charge on any atom is -0.0843 e. The van der Waals surface area contributed by atoms with Crippen LogP contribution in [0.1, 0.15) is 29.5 Å². The van der Waals surface area contributed by atoms with Crippen molar-refractivity contribution in [3.8, 4) is 11.1 Å². The maximum atomic E-state index is 6.11. The Morgan fingerprint density at radius 2 is 1.88 bits per heavy atom. The number of hydrogen-bond acceptors (Lipinski definition) is 0. The molecule has 86 valence electrons. The summed E-state index contributed by atoms with van der Waals surface area (Å²) in [7, 11) is 0. The van der Waals surface area contributed by atoms with Crippen LogP contribution >= 0.6 is 11.6 Å². The Labute approximate surface area is 107 Å². The average Bonchev–Trinajstić information content (AvgIpc) is 2.30. The van der Waals surface area contributed by atoms with Crippen LogP contribution in [-0.4, -0.2) is 0 Å². The highest BCUT2D eigenvalue weighted by atomic mass is 35.5. The van der Waals surface area contributed by atoms with Gasteiger partial charge in [-0.3, -0.25) is 0 Å². The summed E-state index contributed by atoms with van der Waals surface area (Å²) < 4.78 is 0. The van der Waals surface area contributed by atoms with E-state index in [-0.39, 0.29) is 0 Å². The Hall–Kier alpha value is -1.27. The zero-order valence-electron chi connectivity index (χ0n) is 10.1. The highest BCUT2D eigenvalue weighted by Crippen LogP contribution is 2.40. The summed E-state index contributed by atoms with van der Waals surface area (Å²) in [4.78, 5) is 0. The molecule has 1 heteroatoms. The quantitative estimate of drug-likeness (QED) is 0.612. The van der Waals surface area contributed by atoms with Crippen LogP contribution in [0.25, 0.3) is 11.1 Å². The highest BCUT2D eigenvalue weighted by Gasteiger charge is 2.21. The molecule has 0 aromatic heterocycles. The van der Waals surface area contributed by atoms with Crippen molar-refractivity contribution in [3.05, 3.63) is 58.1 Å². The predicted octanol–water partition coefficient (Wildman–Crippen LogP) is 4.98. The molecule has 2 aromatic rings. The van der Waals surface area contributed by atoms with Gasteiger partial charge in [-0.15, -0.1) is 0 Å². The average molecular weight is 243 g/mol. The largest absolute Gasteiger partial charge is 0.0843 e. The van der Waals surface area contributed by atoms with E-state index in [0.717, 1.165) is 11.4 Å². The van der Waals surface area contributed by atoms with Crippen molar-refractivity contribution >= 4 is 11.6 Å². The number of rotatable bonds is 0. The predicted molar refractivity (Wildman–Crippen MR) is 73.7 cm³/mol. The second-order valence-corrected chi connectivity index (χ2v) is 5.43. The zero-order valence-corrected chi connectivity index (χ0v) is 10.9. The lowest BCUT2D eigenvalue weighted by Gasteiger charge is -2.25. The fraction of sp³-hybridized carbons (Fsp3) is 0.250. The molecule has 0 heterocycles. The Morgan fingerprint density at radius 1 is 1.06 bits per heavy atom. The lowest BCUT2D eigenvalue weighted by molar-refractivity contribution is 0.748. The third-order valence-electron chi connectivity index (χ3n) is 3.63. The molecule has 0 nitrogen and oxygen atoms in total. The molecule has 1 atom stereocenters. The van der Waals surface area contributed by atoms with Gasteiger partial charge in [0, 0.05) is 5.02 Å². The fourth-order valence-corrected chi connectivity index (χ4v) is 2.92. The Morgan fingerprint density at radius 3 is 2.71 bits per heavy atom. The maximum absolute atomic E-state index is 6.11. The molecule has 0 N–H and O–H groups in total. The van der Waals surface area contributed by atoms with Gasteiger partial charge in [0.1, 0.15) is 0 Å². The topological polar surface area (TPSA) is 0 Å². The van der Waals surface area contributed by atoms with Crippen LogP contribution in [0.5, 0.6) is 0 Å². The molecule has 1 unspecified atom stereocenters. The summed E-state index contributed by atoms with van der Waals surface area (Å²) in [6.07, 6.45) is 1.11. The number of aryl methyl sites for hydroxylation is 1. The molecule has 0 saturated heterocycles. The van der Waals surface area contributed by atoms with Gasteiger partial charge in [-0.2, -0.15) is 0 Å². The zero-order chi connectivity index (χ0) is 12.0. The van der Waals surface area contributed by atoms with E-state index in [1.54, 1.807) is 0 Å². The van der Waals surface area contributed by atoms with Crippen LogP contribution in [0.3, 0.4) is 0 Å². The number of halogens is 1. The number of hydrogen-bond donors (Lipinski definition) is 0. The molecule has 3 rings (SSSR count). The van der Waals surface area contributed by atoms with Crippen LogP contribution in [-0.2, 0) is 6.42 Å². The first kappa shape index (κ1) is 10.9. The fourth-order valence-electron chi connectivity index (χ4n) is 2.75. The van der Waals surface area contributed by atoms with Crippen LogP contribution < -0.4 is 0 Å². The van der Waals surface area contributed by atoms with Gasteiger partial charge < -0.3 is 0 Å². The van der Waals surface area contributed by atoms with Crippen LogP contribution in [0, 0.1) is 6.92 Å². The smallest absolute Gasteiger partial charge is 0.0412 e. The lowest BCUT2D eigenvalue weighted by atomic mass is 9.79. The summed E-state index contributed by atoms with van der Waals surface area (Å²) in [5.74, 6) is 0.596. The minimum absolute atomic E-state index is 0.596. The molecular weight excluding hydrogens is 228 g/mol. The Bertz CT molecular complexity index is 584. The standard InChI is InChI=1S/C16H15Cl/c1-10-3-6-14-15(7-10)11(2)8-12-4-5-13(17)9-16(12)14/h3-7,9,11H,8H2,1-2H3. The van der Waals surface area contributed by atoms with E-state index in [2.05, 4.69) is 44.2 Å². The lowest BCUT2D eigenvalue weighted by Crippen LogP contribution is -2.08. The van der Waals surface area contributed by atoms with E-state index in [9.17, 15) is 0 Å². The minimum atomic E-state index is 0.596.